The minimum Gasteiger partial charge on any atom is -0.456 e. The monoisotopic (exact) mass is 397 g/mol. The summed E-state index contributed by atoms with van der Waals surface area (Å²) < 4.78 is 10.8. The molecule has 3 N–H and O–H groups in total. The number of pyridine rings is 1. The van der Waals surface area contributed by atoms with E-state index in [4.69, 9.17) is 26.8 Å². The van der Waals surface area contributed by atoms with Crippen LogP contribution in [0.4, 0.5) is 5.82 Å². The maximum atomic E-state index is 12.4. The minimum absolute atomic E-state index is 0.176. The van der Waals surface area contributed by atoms with Crippen molar-refractivity contribution in [3.8, 4) is 11.5 Å². The van der Waals surface area contributed by atoms with Crippen molar-refractivity contribution in [2.24, 2.45) is 0 Å². The Balaban J connectivity index is 1.59. The number of nitrogens with one attached hydrogen (secondary N) is 1. The van der Waals surface area contributed by atoms with E-state index in [1.165, 1.54) is 0 Å². The van der Waals surface area contributed by atoms with E-state index in [-0.39, 0.29) is 11.7 Å². The third-order valence-corrected chi connectivity index (χ3v) is 4.27. The Morgan fingerprint density at radius 3 is 2.54 bits per heavy atom. The number of aromatic nitrogens is 1. The number of methoxy groups -OCH3 is 1. The van der Waals surface area contributed by atoms with Gasteiger partial charge in [-0.1, -0.05) is 35.9 Å². The second-order valence-electron chi connectivity index (χ2n) is 6.03. The first-order valence-corrected chi connectivity index (χ1v) is 8.98. The highest BCUT2D eigenvalue weighted by Crippen LogP contribution is 2.28. The molecule has 1 amide bonds. The molecule has 7 heteroatoms. The summed E-state index contributed by atoms with van der Waals surface area (Å²) in [5.41, 5.74) is 7.79. The fourth-order valence-electron chi connectivity index (χ4n) is 2.54. The van der Waals surface area contributed by atoms with Gasteiger partial charge in [-0.15, -0.1) is 0 Å². The van der Waals surface area contributed by atoms with Crippen LogP contribution in [0.3, 0.4) is 0 Å². The van der Waals surface area contributed by atoms with Gasteiger partial charge in [-0.3, -0.25) is 4.79 Å². The fraction of sp³-hybridized carbons (Fsp3) is 0.143. The van der Waals surface area contributed by atoms with E-state index in [9.17, 15) is 4.79 Å². The predicted octanol–water partition coefficient (Wildman–Crippen LogP) is 4.19. The first-order valence-electron chi connectivity index (χ1n) is 8.60. The molecule has 0 bridgehead atoms. The molecule has 3 aromatic rings. The van der Waals surface area contributed by atoms with E-state index in [1.54, 1.807) is 31.4 Å². The summed E-state index contributed by atoms with van der Waals surface area (Å²) in [5, 5.41) is 3.38. The Hall–Kier alpha value is -3.09. The lowest BCUT2D eigenvalue weighted by Gasteiger charge is -2.10. The summed E-state index contributed by atoms with van der Waals surface area (Å²) >= 11 is 6.09. The molecule has 0 saturated heterocycles. The van der Waals surface area contributed by atoms with Gasteiger partial charge in [-0.25, -0.2) is 4.98 Å². The number of nitrogens with zero attached hydrogens (tertiary/aromatic N) is 1. The lowest BCUT2D eigenvalue weighted by Crippen LogP contribution is -2.24. The average molecular weight is 398 g/mol. The summed E-state index contributed by atoms with van der Waals surface area (Å²) in [6.07, 6.45) is 0. The number of hydrogen-bond acceptors (Lipinski definition) is 5. The molecule has 0 atom stereocenters. The standard InChI is InChI=1S/C21H20ClN3O3/c1-27-13-15-8-11-17(20(23)25-15)21(26)24-12-14-6-9-16(10-7-14)28-19-5-3-2-4-18(19)22/h2-11H,12-13H2,1H3,(H2,23,25)(H,24,26). The molecule has 0 aliphatic heterocycles. The summed E-state index contributed by atoms with van der Waals surface area (Å²) in [6, 6.07) is 18.0. The van der Waals surface area contributed by atoms with Gasteiger partial charge in [-0.2, -0.15) is 0 Å². The van der Waals surface area contributed by atoms with Crippen molar-refractivity contribution in [1.29, 1.82) is 0 Å². The predicted molar refractivity (Wildman–Crippen MR) is 109 cm³/mol. The molecular formula is C21H20ClN3O3. The van der Waals surface area contributed by atoms with Gasteiger partial charge in [0.15, 0.2) is 0 Å². The van der Waals surface area contributed by atoms with Crippen molar-refractivity contribution in [2.75, 3.05) is 12.8 Å². The number of nitrogen functional groups attached to an aromatic ring is 1. The molecule has 0 unspecified atom stereocenters. The van der Waals surface area contributed by atoms with Crippen LogP contribution in [0.15, 0.2) is 60.7 Å². The van der Waals surface area contributed by atoms with Crippen LogP contribution in [-0.4, -0.2) is 18.0 Å². The number of benzene rings is 2. The van der Waals surface area contributed by atoms with Crippen LogP contribution in [0.2, 0.25) is 5.02 Å². The van der Waals surface area contributed by atoms with Crippen LogP contribution in [0.25, 0.3) is 0 Å². The average Bonchev–Trinajstić information content (AvgIpc) is 2.69. The summed E-state index contributed by atoms with van der Waals surface area (Å²) in [6.45, 7) is 0.694. The van der Waals surface area contributed by atoms with Gasteiger partial charge in [0.25, 0.3) is 5.91 Å². The van der Waals surface area contributed by atoms with Gasteiger partial charge in [-0.05, 0) is 42.0 Å². The Bertz CT molecular complexity index is 961. The van der Waals surface area contributed by atoms with Crippen molar-refractivity contribution in [2.45, 2.75) is 13.2 Å². The zero-order chi connectivity index (χ0) is 19.9. The zero-order valence-electron chi connectivity index (χ0n) is 15.3. The molecule has 2 aromatic carbocycles. The number of halogens is 1. The van der Waals surface area contributed by atoms with Crippen molar-refractivity contribution in [3.05, 3.63) is 82.5 Å². The molecule has 28 heavy (non-hydrogen) atoms. The Morgan fingerprint density at radius 1 is 1.11 bits per heavy atom. The fourth-order valence-corrected chi connectivity index (χ4v) is 2.72. The Labute approximate surface area is 168 Å². The lowest BCUT2D eigenvalue weighted by molar-refractivity contribution is 0.0951. The minimum atomic E-state index is -0.287. The summed E-state index contributed by atoms with van der Waals surface area (Å²) in [4.78, 5) is 16.5. The maximum Gasteiger partial charge on any atom is 0.255 e. The summed E-state index contributed by atoms with van der Waals surface area (Å²) in [5.74, 6) is 1.14. The van der Waals surface area contributed by atoms with E-state index in [2.05, 4.69) is 10.3 Å². The van der Waals surface area contributed by atoms with Crippen LogP contribution in [0, 0.1) is 0 Å². The number of hydrogen-bond donors (Lipinski definition) is 2. The molecule has 3 rings (SSSR count). The van der Waals surface area contributed by atoms with Gasteiger partial charge in [0, 0.05) is 13.7 Å². The molecule has 1 heterocycles. The second-order valence-corrected chi connectivity index (χ2v) is 6.43. The molecule has 0 aliphatic carbocycles. The first-order chi connectivity index (χ1) is 13.6. The zero-order valence-corrected chi connectivity index (χ0v) is 16.1. The number of ether oxygens (including phenoxy) is 2. The SMILES string of the molecule is COCc1ccc(C(=O)NCc2ccc(Oc3ccccc3Cl)cc2)c(N)n1. The topological polar surface area (TPSA) is 86.5 Å². The van der Waals surface area contributed by atoms with Gasteiger partial charge in [0.05, 0.1) is 22.9 Å². The van der Waals surface area contributed by atoms with E-state index in [0.717, 1.165) is 5.56 Å². The van der Waals surface area contributed by atoms with Gasteiger partial charge in [0.1, 0.15) is 17.3 Å². The number of carbonyl (C=O) groups excluding carboxylic acids is 1. The van der Waals surface area contributed by atoms with E-state index in [1.807, 2.05) is 36.4 Å². The number of rotatable bonds is 7. The van der Waals surface area contributed by atoms with Gasteiger partial charge >= 0.3 is 0 Å². The number of para-hydroxylation sites is 1. The maximum absolute atomic E-state index is 12.4. The number of carbonyl (C=O) groups is 1. The second kappa shape index (κ2) is 9.21. The Kier molecular flexibility index (Phi) is 6.47. The smallest absolute Gasteiger partial charge is 0.255 e. The Morgan fingerprint density at radius 2 is 1.86 bits per heavy atom. The van der Waals surface area contributed by atoms with Crippen LogP contribution in [0.1, 0.15) is 21.6 Å². The number of anilines is 1. The normalized spacial score (nSPS) is 10.5. The number of nitrogens with two attached hydrogens (primary N) is 1. The van der Waals surface area contributed by atoms with Crippen molar-refractivity contribution >= 4 is 23.3 Å². The van der Waals surface area contributed by atoms with Crippen LogP contribution >= 0.6 is 11.6 Å². The highest BCUT2D eigenvalue weighted by Gasteiger charge is 2.11. The largest absolute Gasteiger partial charge is 0.456 e. The molecule has 0 fully saturated rings. The summed E-state index contributed by atoms with van der Waals surface area (Å²) in [7, 11) is 1.57. The van der Waals surface area contributed by atoms with Gasteiger partial charge < -0.3 is 20.5 Å². The molecule has 0 radical (unpaired) electrons. The van der Waals surface area contributed by atoms with Crippen molar-refractivity contribution < 1.29 is 14.3 Å². The number of amides is 1. The van der Waals surface area contributed by atoms with E-state index in [0.29, 0.717) is 40.9 Å². The highest BCUT2D eigenvalue weighted by atomic mass is 35.5. The van der Waals surface area contributed by atoms with Crippen LogP contribution in [-0.2, 0) is 17.9 Å². The van der Waals surface area contributed by atoms with Crippen LogP contribution in [0.5, 0.6) is 11.5 Å². The van der Waals surface area contributed by atoms with E-state index < -0.39 is 0 Å². The molecule has 1 aromatic heterocycles. The molecule has 0 saturated carbocycles. The quantitative estimate of drug-likeness (QED) is 0.624. The molecule has 6 nitrogen and oxygen atoms in total. The lowest BCUT2D eigenvalue weighted by atomic mass is 10.2. The van der Waals surface area contributed by atoms with E-state index >= 15 is 0 Å². The highest BCUT2D eigenvalue weighted by molar-refractivity contribution is 6.32. The van der Waals surface area contributed by atoms with Crippen LogP contribution < -0.4 is 15.8 Å². The molecule has 0 aliphatic rings. The molecular weight excluding hydrogens is 378 g/mol. The molecule has 144 valence electrons. The third kappa shape index (κ3) is 5.00. The molecule has 0 spiro atoms. The van der Waals surface area contributed by atoms with Crippen molar-refractivity contribution in [3.63, 3.8) is 0 Å². The first kappa shape index (κ1) is 19.7. The van der Waals surface area contributed by atoms with Gasteiger partial charge in [0.2, 0.25) is 0 Å². The third-order valence-electron chi connectivity index (χ3n) is 3.96. The van der Waals surface area contributed by atoms with Crippen molar-refractivity contribution in [1.82, 2.24) is 10.3 Å².